The number of aliphatic hydroxyl groups is 1. The molecule has 0 bridgehead atoms. The van der Waals surface area contributed by atoms with Gasteiger partial charge in [-0.05, 0) is 20.8 Å². The Hall–Kier alpha value is -1.95. The molecular weight excluding hydrogens is 300 g/mol. The summed E-state index contributed by atoms with van der Waals surface area (Å²) in [6.07, 6.45) is -0.254. The van der Waals surface area contributed by atoms with E-state index in [1.807, 2.05) is 13.8 Å². The minimum absolute atomic E-state index is 0.0491. The summed E-state index contributed by atoms with van der Waals surface area (Å²) in [6, 6.07) is 0. The number of hydrogen-bond acceptors (Lipinski definition) is 6. The first-order valence-electron chi connectivity index (χ1n) is 7.91. The summed E-state index contributed by atoms with van der Waals surface area (Å²) in [7, 11) is 1.59. The van der Waals surface area contributed by atoms with E-state index in [0.717, 1.165) is 11.1 Å². The number of ether oxygens (including phenoxy) is 4. The van der Waals surface area contributed by atoms with Gasteiger partial charge in [0.25, 0.3) is 0 Å². The quantitative estimate of drug-likeness (QED) is 0.854. The van der Waals surface area contributed by atoms with Gasteiger partial charge in [0.15, 0.2) is 17.6 Å². The van der Waals surface area contributed by atoms with E-state index in [4.69, 9.17) is 18.9 Å². The summed E-state index contributed by atoms with van der Waals surface area (Å²) in [5.41, 5.74) is 2.07. The fourth-order valence-corrected chi connectivity index (χ4v) is 3.35. The number of rotatable bonds is 4. The lowest BCUT2D eigenvalue weighted by Gasteiger charge is -2.19. The lowest BCUT2D eigenvalue weighted by Crippen LogP contribution is -2.18. The van der Waals surface area contributed by atoms with Crippen LogP contribution < -0.4 is 14.2 Å². The molecule has 1 aromatic rings. The smallest absolute Gasteiger partial charge is 0.339 e. The Balaban J connectivity index is 2.18. The molecule has 1 N–H and O–H groups in total. The summed E-state index contributed by atoms with van der Waals surface area (Å²) in [6.45, 7) is 5.79. The predicted molar refractivity (Wildman–Crippen MR) is 82.2 cm³/mol. The molecule has 0 radical (unpaired) electrons. The second kappa shape index (κ2) is 5.92. The molecule has 23 heavy (non-hydrogen) atoms. The van der Waals surface area contributed by atoms with Gasteiger partial charge in [0.05, 0.1) is 13.7 Å². The van der Waals surface area contributed by atoms with E-state index in [9.17, 15) is 9.90 Å². The number of carbonyl (C=O) groups is 1. The van der Waals surface area contributed by atoms with E-state index >= 15 is 0 Å². The lowest BCUT2D eigenvalue weighted by atomic mass is 9.93. The van der Waals surface area contributed by atoms with Crippen LogP contribution in [0.25, 0.3) is 0 Å². The van der Waals surface area contributed by atoms with Crippen LogP contribution in [0.3, 0.4) is 0 Å². The van der Waals surface area contributed by atoms with Gasteiger partial charge in [0.2, 0.25) is 0 Å². The van der Waals surface area contributed by atoms with Crippen LogP contribution in [0, 0.1) is 0 Å². The third-order valence-corrected chi connectivity index (χ3v) is 4.21. The van der Waals surface area contributed by atoms with E-state index in [-0.39, 0.29) is 18.8 Å². The van der Waals surface area contributed by atoms with Crippen LogP contribution in [0.4, 0.5) is 0 Å². The highest BCUT2D eigenvalue weighted by Crippen LogP contribution is 2.52. The second-order valence-corrected chi connectivity index (χ2v) is 5.98. The summed E-state index contributed by atoms with van der Waals surface area (Å²) in [5, 5.41) is 10.5. The molecular formula is C17H22O6. The van der Waals surface area contributed by atoms with Crippen LogP contribution in [0.5, 0.6) is 17.2 Å². The van der Waals surface area contributed by atoms with Gasteiger partial charge in [-0.2, -0.15) is 0 Å². The van der Waals surface area contributed by atoms with E-state index in [1.54, 1.807) is 14.0 Å². The van der Waals surface area contributed by atoms with Crippen LogP contribution in [0.1, 0.15) is 43.6 Å². The maximum absolute atomic E-state index is 12.1. The van der Waals surface area contributed by atoms with Crippen molar-refractivity contribution in [2.24, 2.45) is 0 Å². The van der Waals surface area contributed by atoms with Crippen molar-refractivity contribution in [1.82, 2.24) is 0 Å². The van der Waals surface area contributed by atoms with E-state index in [2.05, 4.69) is 0 Å². The molecule has 0 saturated heterocycles. The molecule has 2 aliphatic heterocycles. The highest BCUT2D eigenvalue weighted by molar-refractivity contribution is 5.80. The van der Waals surface area contributed by atoms with Crippen LogP contribution in [-0.4, -0.2) is 37.0 Å². The summed E-state index contributed by atoms with van der Waals surface area (Å²) < 4.78 is 22.3. The molecule has 0 fully saturated rings. The third-order valence-electron chi connectivity index (χ3n) is 4.21. The summed E-state index contributed by atoms with van der Waals surface area (Å²) >= 11 is 0. The standard InChI is InChI=1S/C17H22O6/c1-5-21-17(19)13(18)12-10-6-8(2)23-16(10)15(20-4)11-7-9(3)22-14(11)12/h8-9,13,18H,5-7H2,1-4H3. The minimum atomic E-state index is -1.39. The van der Waals surface area contributed by atoms with Gasteiger partial charge in [-0.15, -0.1) is 0 Å². The van der Waals surface area contributed by atoms with Crippen LogP contribution >= 0.6 is 0 Å². The molecule has 0 aromatic heterocycles. The fourth-order valence-electron chi connectivity index (χ4n) is 3.35. The zero-order valence-electron chi connectivity index (χ0n) is 13.8. The van der Waals surface area contributed by atoms with Gasteiger partial charge in [-0.3, -0.25) is 0 Å². The van der Waals surface area contributed by atoms with Crippen molar-refractivity contribution >= 4 is 5.97 Å². The van der Waals surface area contributed by atoms with E-state index < -0.39 is 12.1 Å². The highest BCUT2D eigenvalue weighted by atomic mass is 16.5. The van der Waals surface area contributed by atoms with Crippen molar-refractivity contribution in [3.05, 3.63) is 16.7 Å². The average Bonchev–Trinajstić information content (AvgIpc) is 3.05. The summed E-state index contributed by atoms with van der Waals surface area (Å²) in [5.74, 6) is 1.11. The second-order valence-electron chi connectivity index (χ2n) is 5.98. The molecule has 0 spiro atoms. The highest BCUT2D eigenvalue weighted by Gasteiger charge is 2.40. The minimum Gasteiger partial charge on any atom is -0.492 e. The molecule has 2 heterocycles. The molecule has 2 aliphatic rings. The number of fused-ring (bicyclic) bond motifs is 2. The van der Waals surface area contributed by atoms with Gasteiger partial charge in [-0.25, -0.2) is 4.79 Å². The van der Waals surface area contributed by atoms with Gasteiger partial charge >= 0.3 is 5.97 Å². The van der Waals surface area contributed by atoms with E-state index in [0.29, 0.717) is 35.7 Å². The molecule has 3 unspecified atom stereocenters. The number of esters is 1. The number of benzene rings is 1. The fraction of sp³-hybridized carbons (Fsp3) is 0.588. The first kappa shape index (κ1) is 15.9. The SMILES string of the molecule is CCOC(=O)C(O)c1c2c(c(OC)c3c1OC(C)C3)OC(C)C2. The van der Waals surface area contributed by atoms with Gasteiger partial charge < -0.3 is 24.1 Å². The largest absolute Gasteiger partial charge is 0.492 e. The normalized spacial score (nSPS) is 22.7. The first-order chi connectivity index (χ1) is 11.0. The van der Waals surface area contributed by atoms with Gasteiger partial charge in [0.1, 0.15) is 18.0 Å². The van der Waals surface area contributed by atoms with Crippen molar-refractivity contribution in [3.63, 3.8) is 0 Å². The Morgan fingerprint density at radius 3 is 2.43 bits per heavy atom. The van der Waals surface area contributed by atoms with Crippen molar-refractivity contribution in [3.8, 4) is 17.2 Å². The zero-order chi connectivity index (χ0) is 16.7. The zero-order valence-corrected chi connectivity index (χ0v) is 13.8. The van der Waals surface area contributed by atoms with Crippen LogP contribution in [-0.2, 0) is 22.4 Å². The monoisotopic (exact) mass is 322 g/mol. The Morgan fingerprint density at radius 2 is 1.83 bits per heavy atom. The van der Waals surface area contributed by atoms with Crippen molar-refractivity contribution in [1.29, 1.82) is 0 Å². The van der Waals surface area contributed by atoms with E-state index in [1.165, 1.54) is 0 Å². The Morgan fingerprint density at radius 1 is 1.22 bits per heavy atom. The molecule has 0 saturated carbocycles. The van der Waals surface area contributed by atoms with Crippen LogP contribution in [0.2, 0.25) is 0 Å². The molecule has 3 rings (SSSR count). The van der Waals surface area contributed by atoms with Crippen molar-refractivity contribution in [2.75, 3.05) is 13.7 Å². The average molecular weight is 322 g/mol. The lowest BCUT2D eigenvalue weighted by molar-refractivity contribution is -0.153. The molecule has 126 valence electrons. The molecule has 1 aromatic carbocycles. The van der Waals surface area contributed by atoms with Crippen molar-refractivity contribution in [2.45, 2.75) is 51.9 Å². The Kier molecular flexibility index (Phi) is 4.10. The molecule has 0 aliphatic carbocycles. The topological polar surface area (TPSA) is 74.2 Å². The van der Waals surface area contributed by atoms with Gasteiger partial charge in [0, 0.05) is 29.5 Å². The maximum atomic E-state index is 12.1. The molecule has 0 amide bonds. The van der Waals surface area contributed by atoms with Gasteiger partial charge in [-0.1, -0.05) is 0 Å². The Labute approximate surface area is 135 Å². The molecule has 3 atom stereocenters. The number of methoxy groups -OCH3 is 1. The number of carbonyl (C=O) groups excluding carboxylic acids is 1. The maximum Gasteiger partial charge on any atom is 0.339 e. The third kappa shape index (κ3) is 2.51. The summed E-state index contributed by atoms with van der Waals surface area (Å²) in [4.78, 5) is 12.1. The van der Waals surface area contributed by atoms with Crippen molar-refractivity contribution < 1.29 is 28.8 Å². The molecule has 6 heteroatoms. The first-order valence-corrected chi connectivity index (χ1v) is 7.91. The number of aliphatic hydroxyl groups excluding tert-OH is 1. The van der Waals surface area contributed by atoms with Crippen LogP contribution in [0.15, 0.2) is 0 Å². The predicted octanol–water partition coefficient (Wildman–Crippen LogP) is 1.94. The Bertz CT molecular complexity index is 599. The molecule has 6 nitrogen and oxygen atoms in total. The number of hydrogen-bond donors (Lipinski definition) is 1.